The summed E-state index contributed by atoms with van der Waals surface area (Å²) in [7, 11) is 0. The summed E-state index contributed by atoms with van der Waals surface area (Å²) < 4.78 is 5.68. The molecular weight excluding hydrogens is 200 g/mol. The first kappa shape index (κ1) is 12.7. The summed E-state index contributed by atoms with van der Waals surface area (Å²) in [5.41, 5.74) is 1.14. The van der Waals surface area contributed by atoms with Crippen LogP contribution in [0.3, 0.4) is 0 Å². The van der Waals surface area contributed by atoms with E-state index in [1.165, 1.54) is 0 Å². The number of benzene rings is 1. The largest absolute Gasteiger partial charge is 0.396 e. The monoisotopic (exact) mass is 218 g/mol. The second kappa shape index (κ2) is 7.85. The normalized spacial score (nSPS) is 12.8. The lowest BCUT2D eigenvalue weighted by atomic mass is 10.2. The van der Waals surface area contributed by atoms with Gasteiger partial charge in [-0.25, -0.2) is 0 Å². The van der Waals surface area contributed by atoms with Crippen LogP contribution in [0.4, 0.5) is 0 Å². The average Bonchev–Trinajstić information content (AvgIpc) is 2.34. The van der Waals surface area contributed by atoms with Crippen LogP contribution in [0.15, 0.2) is 55.1 Å². The number of ether oxygens (including phenoxy) is 1. The minimum atomic E-state index is -0.0526. The Kier molecular flexibility index (Phi) is 6.23. The van der Waals surface area contributed by atoms with Crippen LogP contribution < -0.4 is 0 Å². The maximum absolute atomic E-state index is 8.89. The lowest BCUT2D eigenvalue weighted by Gasteiger charge is -2.12. The molecule has 2 heteroatoms. The van der Waals surface area contributed by atoms with Gasteiger partial charge in [0.25, 0.3) is 0 Å². The Morgan fingerprint density at radius 1 is 1.31 bits per heavy atom. The molecule has 0 spiro atoms. The zero-order valence-corrected chi connectivity index (χ0v) is 9.38. The number of aliphatic hydroxyl groups excluding tert-OH is 1. The van der Waals surface area contributed by atoms with Crippen molar-refractivity contribution in [3.63, 3.8) is 0 Å². The van der Waals surface area contributed by atoms with Gasteiger partial charge in [0.05, 0.1) is 12.7 Å². The van der Waals surface area contributed by atoms with Gasteiger partial charge in [-0.2, -0.15) is 0 Å². The summed E-state index contributed by atoms with van der Waals surface area (Å²) in [5.74, 6) is 0. The molecule has 1 aromatic carbocycles. The molecule has 0 amide bonds. The molecule has 0 aliphatic heterocycles. The van der Waals surface area contributed by atoms with Gasteiger partial charge in [0.1, 0.15) is 0 Å². The highest BCUT2D eigenvalue weighted by molar-refractivity contribution is 5.13. The molecule has 0 aliphatic carbocycles. The number of allylic oxidation sites excluding steroid dienone is 2. The molecule has 0 bridgehead atoms. The van der Waals surface area contributed by atoms with E-state index in [0.717, 1.165) is 5.56 Å². The van der Waals surface area contributed by atoms with E-state index < -0.39 is 0 Å². The first-order valence-corrected chi connectivity index (χ1v) is 5.42. The molecule has 0 saturated heterocycles. The fourth-order valence-corrected chi connectivity index (χ4v) is 1.34. The van der Waals surface area contributed by atoms with Crippen LogP contribution in [0.1, 0.15) is 12.0 Å². The SMILES string of the molecule is C=C/C=C/[C@@H](CCO)OCc1ccccc1. The van der Waals surface area contributed by atoms with Gasteiger partial charge < -0.3 is 9.84 Å². The highest BCUT2D eigenvalue weighted by atomic mass is 16.5. The highest BCUT2D eigenvalue weighted by Crippen LogP contribution is 2.07. The quantitative estimate of drug-likeness (QED) is 0.713. The molecule has 0 aliphatic rings. The van der Waals surface area contributed by atoms with Crippen molar-refractivity contribution in [1.82, 2.24) is 0 Å². The third-order valence-electron chi connectivity index (χ3n) is 2.18. The first-order chi connectivity index (χ1) is 7.86. The average molecular weight is 218 g/mol. The molecule has 1 rings (SSSR count). The van der Waals surface area contributed by atoms with Crippen molar-refractivity contribution in [2.24, 2.45) is 0 Å². The van der Waals surface area contributed by atoms with Gasteiger partial charge in [0, 0.05) is 13.0 Å². The molecule has 1 aromatic rings. The highest BCUT2D eigenvalue weighted by Gasteiger charge is 2.03. The Bertz CT molecular complexity index is 317. The van der Waals surface area contributed by atoms with E-state index in [4.69, 9.17) is 9.84 Å². The van der Waals surface area contributed by atoms with Crippen molar-refractivity contribution in [2.45, 2.75) is 19.1 Å². The number of hydrogen-bond donors (Lipinski definition) is 1. The molecule has 0 unspecified atom stereocenters. The summed E-state index contributed by atoms with van der Waals surface area (Å²) in [6, 6.07) is 9.99. The van der Waals surface area contributed by atoms with Gasteiger partial charge in [-0.15, -0.1) is 0 Å². The minimum Gasteiger partial charge on any atom is -0.396 e. The van der Waals surface area contributed by atoms with Gasteiger partial charge in [-0.3, -0.25) is 0 Å². The Hall–Kier alpha value is -1.38. The van der Waals surface area contributed by atoms with E-state index in [2.05, 4.69) is 6.58 Å². The van der Waals surface area contributed by atoms with Gasteiger partial charge in [0.2, 0.25) is 0 Å². The summed E-state index contributed by atoms with van der Waals surface area (Å²) in [5, 5.41) is 8.89. The Balaban J connectivity index is 2.43. The van der Waals surface area contributed by atoms with Gasteiger partial charge in [-0.1, -0.05) is 55.1 Å². The first-order valence-electron chi connectivity index (χ1n) is 5.42. The summed E-state index contributed by atoms with van der Waals surface area (Å²) in [4.78, 5) is 0. The predicted octanol–water partition coefficient (Wildman–Crippen LogP) is 2.70. The number of rotatable bonds is 7. The fourth-order valence-electron chi connectivity index (χ4n) is 1.34. The third kappa shape index (κ3) is 4.91. The van der Waals surface area contributed by atoms with Crippen LogP contribution in [0.25, 0.3) is 0 Å². The lowest BCUT2D eigenvalue weighted by Crippen LogP contribution is -2.11. The van der Waals surface area contributed by atoms with Crippen molar-refractivity contribution >= 4 is 0 Å². The van der Waals surface area contributed by atoms with E-state index in [-0.39, 0.29) is 12.7 Å². The van der Waals surface area contributed by atoms with Gasteiger partial charge in [0.15, 0.2) is 0 Å². The van der Waals surface area contributed by atoms with Crippen LogP contribution in [0.5, 0.6) is 0 Å². The second-order valence-electron chi connectivity index (χ2n) is 3.47. The molecule has 1 N–H and O–H groups in total. The van der Waals surface area contributed by atoms with Crippen LogP contribution in [0.2, 0.25) is 0 Å². The standard InChI is InChI=1S/C14H18O2/c1-2-3-9-14(10-11-15)16-12-13-7-5-4-6-8-13/h2-9,14-15H,1,10-12H2/b9-3+/t14-/m0/s1. The molecule has 0 saturated carbocycles. The summed E-state index contributed by atoms with van der Waals surface area (Å²) in [6.45, 7) is 4.29. The number of aliphatic hydroxyl groups is 1. The Labute approximate surface area is 96.9 Å². The van der Waals surface area contributed by atoms with E-state index in [0.29, 0.717) is 13.0 Å². The molecule has 2 nitrogen and oxygen atoms in total. The van der Waals surface area contributed by atoms with E-state index in [1.807, 2.05) is 42.5 Å². The topological polar surface area (TPSA) is 29.5 Å². The Morgan fingerprint density at radius 3 is 2.69 bits per heavy atom. The third-order valence-corrected chi connectivity index (χ3v) is 2.18. The molecule has 0 heterocycles. The zero-order chi connectivity index (χ0) is 11.6. The Morgan fingerprint density at radius 2 is 2.06 bits per heavy atom. The molecular formula is C14H18O2. The van der Waals surface area contributed by atoms with Crippen molar-refractivity contribution in [3.05, 3.63) is 60.7 Å². The molecule has 86 valence electrons. The summed E-state index contributed by atoms with van der Waals surface area (Å²) >= 11 is 0. The van der Waals surface area contributed by atoms with Crippen molar-refractivity contribution in [2.75, 3.05) is 6.61 Å². The van der Waals surface area contributed by atoms with E-state index in [9.17, 15) is 0 Å². The minimum absolute atomic E-state index is 0.0526. The van der Waals surface area contributed by atoms with Crippen LogP contribution in [-0.4, -0.2) is 17.8 Å². The lowest BCUT2D eigenvalue weighted by molar-refractivity contribution is 0.0544. The molecule has 0 aromatic heterocycles. The molecule has 0 radical (unpaired) electrons. The molecule has 0 fully saturated rings. The number of hydrogen-bond acceptors (Lipinski definition) is 2. The molecule has 1 atom stereocenters. The smallest absolute Gasteiger partial charge is 0.0785 e. The molecule has 16 heavy (non-hydrogen) atoms. The maximum Gasteiger partial charge on any atom is 0.0785 e. The summed E-state index contributed by atoms with van der Waals surface area (Å²) in [6.07, 6.45) is 6.01. The van der Waals surface area contributed by atoms with Crippen molar-refractivity contribution < 1.29 is 9.84 Å². The van der Waals surface area contributed by atoms with Crippen LogP contribution in [-0.2, 0) is 11.3 Å². The predicted molar refractivity (Wildman–Crippen MR) is 66.1 cm³/mol. The van der Waals surface area contributed by atoms with E-state index in [1.54, 1.807) is 6.08 Å². The fraction of sp³-hybridized carbons (Fsp3) is 0.286. The van der Waals surface area contributed by atoms with Crippen molar-refractivity contribution in [1.29, 1.82) is 0 Å². The maximum atomic E-state index is 8.89. The van der Waals surface area contributed by atoms with Crippen molar-refractivity contribution in [3.8, 4) is 0 Å². The second-order valence-corrected chi connectivity index (χ2v) is 3.47. The van der Waals surface area contributed by atoms with Crippen LogP contribution in [0, 0.1) is 0 Å². The van der Waals surface area contributed by atoms with Crippen LogP contribution >= 0.6 is 0 Å². The zero-order valence-electron chi connectivity index (χ0n) is 9.38. The van der Waals surface area contributed by atoms with E-state index >= 15 is 0 Å². The van der Waals surface area contributed by atoms with Gasteiger partial charge in [-0.05, 0) is 5.56 Å². The van der Waals surface area contributed by atoms with Gasteiger partial charge >= 0.3 is 0 Å².